The van der Waals surface area contributed by atoms with Gasteiger partial charge in [-0.1, -0.05) is 11.6 Å². The van der Waals surface area contributed by atoms with Gasteiger partial charge >= 0.3 is 5.97 Å². The standard InChI is InChI=1S/C17H17ClN4O2S2/c1-4-22-9(2)12(8-19-22)21-17(25)20-10-5-6-11-13(7-10)26-15(14(11)18)16(23)24-3/h5-8H,4H2,1-3H3,(H2,20,21,25). The van der Waals surface area contributed by atoms with E-state index < -0.39 is 5.97 Å². The molecule has 0 atom stereocenters. The number of halogens is 1. The van der Waals surface area contributed by atoms with Gasteiger partial charge in [-0.25, -0.2) is 4.79 Å². The largest absolute Gasteiger partial charge is 0.465 e. The van der Waals surface area contributed by atoms with Crippen LogP contribution in [-0.2, 0) is 11.3 Å². The number of aryl methyl sites for hydroxylation is 1. The number of carbonyl (C=O) groups excluding carboxylic acids is 1. The molecule has 26 heavy (non-hydrogen) atoms. The smallest absolute Gasteiger partial charge is 0.349 e. The molecule has 136 valence electrons. The summed E-state index contributed by atoms with van der Waals surface area (Å²) in [4.78, 5) is 12.2. The second-order valence-corrected chi connectivity index (χ2v) is 7.32. The zero-order valence-electron chi connectivity index (χ0n) is 14.4. The van der Waals surface area contributed by atoms with Crippen LogP contribution in [0.5, 0.6) is 0 Å². The van der Waals surface area contributed by atoms with Crippen LogP contribution in [0.25, 0.3) is 10.1 Å². The van der Waals surface area contributed by atoms with Crippen LogP contribution in [0.2, 0.25) is 5.02 Å². The quantitative estimate of drug-likeness (QED) is 0.482. The van der Waals surface area contributed by atoms with Crippen molar-refractivity contribution < 1.29 is 9.53 Å². The first-order chi connectivity index (χ1) is 12.4. The Bertz CT molecular complexity index is 996. The maximum Gasteiger partial charge on any atom is 0.349 e. The van der Waals surface area contributed by atoms with Crippen molar-refractivity contribution in [2.45, 2.75) is 20.4 Å². The van der Waals surface area contributed by atoms with Gasteiger partial charge in [-0.2, -0.15) is 5.10 Å². The van der Waals surface area contributed by atoms with E-state index in [1.165, 1.54) is 18.4 Å². The summed E-state index contributed by atoms with van der Waals surface area (Å²) in [5.74, 6) is -0.439. The van der Waals surface area contributed by atoms with Crippen molar-refractivity contribution in [3.8, 4) is 0 Å². The summed E-state index contributed by atoms with van der Waals surface area (Å²) in [6, 6.07) is 5.61. The molecule has 1 aromatic carbocycles. The Morgan fingerprint density at radius 1 is 1.42 bits per heavy atom. The van der Waals surface area contributed by atoms with E-state index in [1.807, 2.05) is 36.7 Å². The SMILES string of the molecule is CCn1ncc(NC(=S)Nc2ccc3c(Cl)c(C(=O)OC)sc3c2)c1C. The number of methoxy groups -OCH3 is 1. The fourth-order valence-corrected chi connectivity index (χ4v) is 4.23. The number of thiophene rings is 1. The Morgan fingerprint density at radius 3 is 2.85 bits per heavy atom. The number of nitrogens with one attached hydrogen (secondary N) is 2. The van der Waals surface area contributed by atoms with Crippen LogP contribution in [0.4, 0.5) is 11.4 Å². The number of hydrogen-bond donors (Lipinski definition) is 2. The van der Waals surface area contributed by atoms with Crippen LogP contribution in [0.1, 0.15) is 22.3 Å². The van der Waals surface area contributed by atoms with E-state index in [0.29, 0.717) is 15.0 Å². The first-order valence-electron chi connectivity index (χ1n) is 7.85. The van der Waals surface area contributed by atoms with Gasteiger partial charge in [0.25, 0.3) is 0 Å². The highest BCUT2D eigenvalue weighted by Gasteiger charge is 2.18. The van der Waals surface area contributed by atoms with Gasteiger partial charge < -0.3 is 15.4 Å². The number of thiocarbonyl (C=S) groups is 1. The van der Waals surface area contributed by atoms with Crippen LogP contribution in [0, 0.1) is 6.92 Å². The number of benzene rings is 1. The highest BCUT2D eigenvalue weighted by molar-refractivity contribution is 7.80. The maximum absolute atomic E-state index is 11.8. The number of nitrogens with zero attached hydrogens (tertiary/aromatic N) is 2. The molecule has 0 aliphatic carbocycles. The number of anilines is 2. The minimum atomic E-state index is -0.439. The summed E-state index contributed by atoms with van der Waals surface area (Å²) in [5, 5.41) is 12.2. The van der Waals surface area contributed by atoms with E-state index in [0.717, 1.165) is 33.7 Å². The van der Waals surface area contributed by atoms with Gasteiger partial charge in [0.1, 0.15) is 4.88 Å². The second kappa shape index (κ2) is 7.61. The lowest BCUT2D eigenvalue weighted by molar-refractivity contribution is 0.0606. The molecule has 0 bridgehead atoms. The first-order valence-corrected chi connectivity index (χ1v) is 9.45. The average molecular weight is 409 g/mol. The molecule has 2 heterocycles. The molecule has 0 saturated heterocycles. The van der Waals surface area contributed by atoms with Gasteiger partial charge in [-0.05, 0) is 44.3 Å². The molecule has 2 aromatic heterocycles. The van der Waals surface area contributed by atoms with E-state index in [9.17, 15) is 4.79 Å². The van der Waals surface area contributed by atoms with Gasteiger partial charge in [0.2, 0.25) is 0 Å². The summed E-state index contributed by atoms with van der Waals surface area (Å²) < 4.78 is 7.52. The highest BCUT2D eigenvalue weighted by atomic mass is 35.5. The number of hydrogen-bond acceptors (Lipinski definition) is 5. The molecule has 0 saturated carbocycles. The summed E-state index contributed by atoms with van der Waals surface area (Å²) in [5.41, 5.74) is 2.67. The third-order valence-corrected chi connectivity index (χ3v) is 5.75. The van der Waals surface area contributed by atoms with Crippen molar-refractivity contribution >= 4 is 67.7 Å². The van der Waals surface area contributed by atoms with Crippen LogP contribution in [-0.4, -0.2) is 28.0 Å². The number of rotatable bonds is 4. The van der Waals surface area contributed by atoms with Crippen molar-refractivity contribution in [1.82, 2.24) is 9.78 Å². The summed E-state index contributed by atoms with van der Waals surface area (Å²) in [7, 11) is 1.34. The fourth-order valence-electron chi connectivity index (χ4n) is 2.54. The van der Waals surface area contributed by atoms with Crippen molar-refractivity contribution in [2.75, 3.05) is 17.7 Å². The van der Waals surface area contributed by atoms with Gasteiger partial charge in [0, 0.05) is 22.3 Å². The monoisotopic (exact) mass is 408 g/mol. The minimum absolute atomic E-state index is 0.393. The Labute approximate surface area is 165 Å². The predicted octanol–water partition coefficient (Wildman–Crippen LogP) is 4.68. The Hall–Kier alpha value is -2.16. The molecule has 0 amide bonds. The number of ether oxygens (including phenoxy) is 1. The zero-order chi connectivity index (χ0) is 18.8. The number of aromatic nitrogens is 2. The molecular weight excluding hydrogens is 392 g/mol. The maximum atomic E-state index is 11.8. The van der Waals surface area contributed by atoms with Crippen LogP contribution in [0.15, 0.2) is 24.4 Å². The summed E-state index contributed by atoms with van der Waals surface area (Å²) in [6.45, 7) is 4.81. The van der Waals surface area contributed by atoms with Gasteiger partial charge in [-0.15, -0.1) is 11.3 Å². The molecule has 0 aliphatic heterocycles. The predicted molar refractivity (Wildman–Crippen MR) is 111 cm³/mol. The molecular formula is C17H17ClN4O2S2. The molecule has 0 spiro atoms. The number of carbonyl (C=O) groups is 1. The molecule has 3 aromatic rings. The Balaban J connectivity index is 1.79. The topological polar surface area (TPSA) is 68.2 Å². The number of fused-ring (bicyclic) bond motifs is 1. The molecule has 6 nitrogen and oxygen atoms in total. The van der Waals surface area contributed by atoms with Gasteiger partial charge in [0.15, 0.2) is 5.11 Å². The summed E-state index contributed by atoms with van der Waals surface area (Å²) >= 11 is 12.9. The lowest BCUT2D eigenvalue weighted by atomic mass is 10.2. The van der Waals surface area contributed by atoms with E-state index in [1.54, 1.807) is 6.20 Å². The normalized spacial score (nSPS) is 10.8. The zero-order valence-corrected chi connectivity index (χ0v) is 16.8. The van der Waals surface area contributed by atoms with Crippen LogP contribution >= 0.6 is 35.2 Å². The Morgan fingerprint density at radius 2 is 2.19 bits per heavy atom. The van der Waals surface area contributed by atoms with Crippen LogP contribution < -0.4 is 10.6 Å². The highest BCUT2D eigenvalue weighted by Crippen LogP contribution is 2.37. The summed E-state index contributed by atoms with van der Waals surface area (Å²) in [6.07, 6.45) is 1.75. The molecule has 0 unspecified atom stereocenters. The average Bonchev–Trinajstić information content (AvgIpc) is 3.14. The molecule has 9 heteroatoms. The molecule has 3 rings (SSSR count). The van der Waals surface area contributed by atoms with Gasteiger partial charge in [0.05, 0.1) is 29.7 Å². The fraction of sp³-hybridized carbons (Fsp3) is 0.235. The van der Waals surface area contributed by atoms with Gasteiger partial charge in [-0.3, -0.25) is 4.68 Å². The lowest BCUT2D eigenvalue weighted by Crippen LogP contribution is -2.19. The third kappa shape index (κ3) is 3.53. The van der Waals surface area contributed by atoms with E-state index in [2.05, 4.69) is 15.7 Å². The van der Waals surface area contributed by atoms with E-state index >= 15 is 0 Å². The van der Waals surface area contributed by atoms with Crippen molar-refractivity contribution in [1.29, 1.82) is 0 Å². The second-order valence-electron chi connectivity index (χ2n) is 5.49. The van der Waals surface area contributed by atoms with Crippen LogP contribution in [0.3, 0.4) is 0 Å². The molecule has 2 N–H and O–H groups in total. The minimum Gasteiger partial charge on any atom is -0.465 e. The molecule has 0 fully saturated rings. The lowest BCUT2D eigenvalue weighted by Gasteiger charge is -2.10. The van der Waals surface area contributed by atoms with E-state index in [4.69, 9.17) is 28.6 Å². The molecule has 0 radical (unpaired) electrons. The number of esters is 1. The van der Waals surface area contributed by atoms with E-state index in [-0.39, 0.29) is 0 Å². The third-order valence-electron chi connectivity index (χ3n) is 3.91. The van der Waals surface area contributed by atoms with Crippen molar-refractivity contribution in [3.05, 3.63) is 40.0 Å². The Kier molecular flexibility index (Phi) is 5.45. The molecule has 0 aliphatic rings. The first kappa shape index (κ1) is 18.6. The van der Waals surface area contributed by atoms with Crippen molar-refractivity contribution in [3.63, 3.8) is 0 Å². The van der Waals surface area contributed by atoms with Crippen molar-refractivity contribution in [2.24, 2.45) is 0 Å².